The van der Waals surface area contributed by atoms with Crippen LogP contribution >= 0.6 is 105 Å². The van der Waals surface area contributed by atoms with Crippen LogP contribution in [0.5, 0.6) is 0 Å². The molecule has 2 aromatic heterocycles. The van der Waals surface area contributed by atoms with E-state index in [4.69, 9.17) is 86.9 Å². The van der Waals surface area contributed by atoms with Gasteiger partial charge in [0.05, 0.1) is 11.1 Å². The van der Waals surface area contributed by atoms with Crippen molar-refractivity contribution in [2.24, 2.45) is 5.73 Å². The lowest BCUT2D eigenvalue weighted by molar-refractivity contribution is 0.111. The van der Waals surface area contributed by atoms with E-state index in [1.165, 1.54) is 23.5 Å². The predicted molar refractivity (Wildman–Crippen MR) is 182 cm³/mol. The van der Waals surface area contributed by atoms with E-state index >= 15 is 0 Å². The molecule has 4 rings (SSSR count). The Bertz CT molecular complexity index is 1560. The van der Waals surface area contributed by atoms with Gasteiger partial charge in [-0.2, -0.15) is 0 Å². The number of nitrogens with two attached hydrogens (primary N) is 1. The highest BCUT2D eigenvalue weighted by molar-refractivity contribution is 7.98. The number of halogens is 7. The molecule has 4 aromatic rings. The maximum absolute atomic E-state index is 11.1. The van der Waals surface area contributed by atoms with Crippen LogP contribution in [0.4, 0.5) is 5.82 Å². The molecule has 43 heavy (non-hydrogen) atoms. The highest BCUT2D eigenvalue weighted by Gasteiger charge is 2.13. The van der Waals surface area contributed by atoms with E-state index in [9.17, 15) is 9.59 Å². The first kappa shape index (κ1) is 37.6. The van der Waals surface area contributed by atoms with Crippen molar-refractivity contribution < 1.29 is 9.59 Å². The smallest absolute Gasteiger partial charge is 0.190 e. The molecular formula is C26H21Cl7N6O2S2. The highest BCUT2D eigenvalue weighted by atomic mass is 35.5. The van der Waals surface area contributed by atoms with Gasteiger partial charge in [0.15, 0.2) is 22.9 Å². The Balaban J connectivity index is 0.000000248. The van der Waals surface area contributed by atoms with Crippen LogP contribution in [0.1, 0.15) is 31.8 Å². The lowest BCUT2D eigenvalue weighted by atomic mass is 10.2. The van der Waals surface area contributed by atoms with Gasteiger partial charge in [-0.3, -0.25) is 9.59 Å². The van der Waals surface area contributed by atoms with E-state index in [0.29, 0.717) is 61.9 Å². The molecule has 228 valence electrons. The van der Waals surface area contributed by atoms with Gasteiger partial charge in [0.2, 0.25) is 0 Å². The van der Waals surface area contributed by atoms with Crippen molar-refractivity contribution in [2.75, 3.05) is 17.8 Å². The van der Waals surface area contributed by atoms with Gasteiger partial charge in [-0.1, -0.05) is 117 Å². The molecule has 0 fully saturated rings. The molecule has 0 saturated carbocycles. The third-order valence-corrected chi connectivity index (χ3v) is 8.14. The number of aromatic nitrogens is 4. The number of hydrogen-bond donors (Lipinski definition) is 2. The molecule has 0 spiro atoms. The molecule has 3 N–H and O–H groups in total. The van der Waals surface area contributed by atoms with Crippen LogP contribution in [0.2, 0.25) is 35.5 Å². The summed E-state index contributed by atoms with van der Waals surface area (Å²) in [5.41, 5.74) is 7.48. The van der Waals surface area contributed by atoms with Gasteiger partial charge in [0.1, 0.15) is 21.3 Å². The number of rotatable bonds is 8. The maximum atomic E-state index is 11.1. The predicted octanol–water partition coefficient (Wildman–Crippen LogP) is 9.35. The Morgan fingerprint density at radius 2 is 1.14 bits per heavy atom. The second kappa shape index (κ2) is 19.1. The molecule has 0 amide bonds. The van der Waals surface area contributed by atoms with Gasteiger partial charge >= 0.3 is 0 Å². The number of thioether (sulfide) groups is 2. The molecule has 8 nitrogen and oxygen atoms in total. The van der Waals surface area contributed by atoms with Gasteiger partial charge in [-0.15, -0.1) is 0 Å². The molecule has 0 atom stereocenters. The van der Waals surface area contributed by atoms with Crippen LogP contribution in [0.15, 0.2) is 46.7 Å². The molecule has 0 aliphatic heterocycles. The van der Waals surface area contributed by atoms with E-state index in [1.807, 2.05) is 12.3 Å². The number of hydrogen-bond acceptors (Lipinski definition) is 10. The summed E-state index contributed by atoms with van der Waals surface area (Å²) in [5, 5.41) is 6.66. The number of benzene rings is 2. The first-order valence-electron chi connectivity index (χ1n) is 11.6. The van der Waals surface area contributed by atoms with Gasteiger partial charge in [-0.25, -0.2) is 19.9 Å². The van der Waals surface area contributed by atoms with Crippen molar-refractivity contribution in [2.45, 2.75) is 23.4 Å². The molecule has 17 heteroatoms. The van der Waals surface area contributed by atoms with E-state index in [1.54, 1.807) is 36.6 Å². The quantitative estimate of drug-likeness (QED) is 0.0777. The maximum Gasteiger partial charge on any atom is 0.190 e. The second-order valence-corrected chi connectivity index (χ2v) is 12.0. The second-order valence-electron chi connectivity index (χ2n) is 7.73. The summed E-state index contributed by atoms with van der Waals surface area (Å²) in [4.78, 5) is 37.4. The summed E-state index contributed by atoms with van der Waals surface area (Å²) in [7, 11) is 0. The average molecular weight is 762 g/mol. The third-order valence-electron chi connectivity index (χ3n) is 5.01. The van der Waals surface area contributed by atoms with E-state index in [2.05, 4.69) is 25.3 Å². The van der Waals surface area contributed by atoms with Crippen molar-refractivity contribution in [3.63, 3.8) is 0 Å². The Morgan fingerprint density at radius 1 is 0.698 bits per heavy atom. The monoisotopic (exact) mass is 758 g/mol. The fraction of sp³-hybridized carbons (Fsp3) is 0.154. The lowest BCUT2D eigenvalue weighted by Crippen LogP contribution is -2.07. The summed E-state index contributed by atoms with van der Waals surface area (Å²) >= 11 is 43.2. The van der Waals surface area contributed by atoms with Crippen molar-refractivity contribution in [3.8, 4) is 0 Å². The molecule has 0 aliphatic rings. The van der Waals surface area contributed by atoms with Gasteiger partial charge in [-0.05, 0) is 47.9 Å². The molecule has 0 aliphatic carbocycles. The van der Waals surface area contributed by atoms with Crippen molar-refractivity contribution in [3.05, 3.63) is 94.2 Å². The fourth-order valence-electron chi connectivity index (χ4n) is 2.87. The normalized spacial score (nSPS) is 10.2. The summed E-state index contributed by atoms with van der Waals surface area (Å²) in [5.74, 6) is 0.375. The van der Waals surface area contributed by atoms with E-state index in [-0.39, 0.29) is 26.6 Å². The standard InChI is InChI=1S/C13H10Cl3N3OS.C7H7Cl2N.C6H4Cl2N2OS/c1-21-13-18-11(16)9(6-20)12(19-13)17-5-7-2-3-8(14)4-10(7)15;8-6-2-1-5(4-10)7(9)3-6;1-12-6-9-4(7)3(2-11)5(8)10-6/h2-4,6H,5H2,1H3,(H,17,18,19);1-3H,4,10H2;2H,1H3. The van der Waals surface area contributed by atoms with Crippen LogP contribution in [-0.4, -0.2) is 45.0 Å². The molecule has 0 radical (unpaired) electrons. The Morgan fingerprint density at radius 3 is 1.56 bits per heavy atom. The van der Waals surface area contributed by atoms with Crippen molar-refractivity contribution in [1.29, 1.82) is 0 Å². The zero-order valence-electron chi connectivity index (χ0n) is 22.2. The molecule has 0 unspecified atom stereocenters. The van der Waals surface area contributed by atoms with Crippen LogP contribution in [0.3, 0.4) is 0 Å². The average Bonchev–Trinajstić information content (AvgIpc) is 2.97. The molecule has 2 heterocycles. The van der Waals surface area contributed by atoms with Crippen LogP contribution in [0, 0.1) is 0 Å². The topological polar surface area (TPSA) is 124 Å². The minimum absolute atomic E-state index is 0.0920. The number of aldehydes is 2. The SMILES string of the molecule is CSc1nc(Cl)c(C=O)c(Cl)n1.CSc1nc(Cl)c(C=O)c(NCc2ccc(Cl)cc2Cl)n1.NCc1ccc(Cl)cc1Cl. The summed E-state index contributed by atoms with van der Waals surface area (Å²) in [6.07, 6.45) is 4.78. The number of carbonyl (C=O) groups is 2. The number of nitrogens with zero attached hydrogens (tertiary/aromatic N) is 4. The van der Waals surface area contributed by atoms with Gasteiger partial charge in [0.25, 0.3) is 0 Å². The summed E-state index contributed by atoms with van der Waals surface area (Å²) in [6.45, 7) is 0.841. The van der Waals surface area contributed by atoms with Crippen molar-refractivity contribution in [1.82, 2.24) is 19.9 Å². The molecule has 0 bridgehead atoms. The molecular weight excluding hydrogens is 741 g/mol. The lowest BCUT2D eigenvalue weighted by Gasteiger charge is -2.11. The van der Waals surface area contributed by atoms with Crippen LogP contribution in [0.25, 0.3) is 0 Å². The fourth-order valence-corrected chi connectivity index (χ4v) is 5.40. The Hall–Kier alpha value is -1.57. The minimum Gasteiger partial charge on any atom is -0.365 e. The van der Waals surface area contributed by atoms with Crippen LogP contribution in [-0.2, 0) is 13.1 Å². The Labute approximate surface area is 291 Å². The highest BCUT2D eigenvalue weighted by Crippen LogP contribution is 2.26. The zero-order chi connectivity index (χ0) is 32.1. The molecule has 0 saturated heterocycles. The van der Waals surface area contributed by atoms with Gasteiger partial charge in [0, 0.05) is 33.2 Å². The van der Waals surface area contributed by atoms with Crippen molar-refractivity contribution >= 4 is 123 Å². The largest absolute Gasteiger partial charge is 0.365 e. The number of nitrogens with one attached hydrogen (secondary N) is 1. The zero-order valence-corrected chi connectivity index (χ0v) is 29.1. The Kier molecular flexibility index (Phi) is 16.7. The number of anilines is 1. The van der Waals surface area contributed by atoms with Crippen LogP contribution < -0.4 is 11.1 Å². The summed E-state index contributed by atoms with van der Waals surface area (Å²) in [6, 6.07) is 10.5. The van der Waals surface area contributed by atoms with E-state index in [0.717, 1.165) is 11.1 Å². The van der Waals surface area contributed by atoms with Gasteiger partial charge < -0.3 is 11.1 Å². The molecule has 2 aromatic carbocycles. The van der Waals surface area contributed by atoms with E-state index < -0.39 is 0 Å². The first-order valence-corrected chi connectivity index (χ1v) is 16.7. The number of carbonyl (C=O) groups excluding carboxylic acids is 2. The minimum atomic E-state index is 0.0920. The third kappa shape index (κ3) is 11.7. The summed E-state index contributed by atoms with van der Waals surface area (Å²) < 4.78 is 0. The first-order chi connectivity index (χ1) is 20.5.